The Kier molecular flexibility index (Phi) is 4.74. The molecule has 38 heavy (non-hydrogen) atoms. The van der Waals surface area contributed by atoms with Gasteiger partial charge in [0.25, 0.3) is 0 Å². The highest BCUT2D eigenvalue weighted by Gasteiger charge is 2.19. The molecule has 0 aliphatic heterocycles. The molecule has 0 bridgehead atoms. The van der Waals surface area contributed by atoms with Crippen molar-refractivity contribution in [3.05, 3.63) is 127 Å². The van der Waals surface area contributed by atoms with Gasteiger partial charge in [0.15, 0.2) is 0 Å². The van der Waals surface area contributed by atoms with E-state index >= 15 is 0 Å². The van der Waals surface area contributed by atoms with Crippen LogP contribution in [0.15, 0.2) is 127 Å². The van der Waals surface area contributed by atoms with Crippen LogP contribution in [0.5, 0.6) is 0 Å². The first kappa shape index (κ1) is 21.7. The molecule has 0 aliphatic rings. The highest BCUT2D eigenvalue weighted by molar-refractivity contribution is 7.27. The number of hydrogen-bond donors (Lipinski definition) is 0. The van der Waals surface area contributed by atoms with Crippen molar-refractivity contribution in [3.63, 3.8) is 0 Å². The summed E-state index contributed by atoms with van der Waals surface area (Å²) in [6.07, 6.45) is 0. The zero-order valence-corrected chi connectivity index (χ0v) is 21.8. The Bertz CT molecular complexity index is 2150. The fourth-order valence-corrected chi connectivity index (χ4v) is 7.47. The molecular weight excluding hydrogens is 475 g/mol. The topological polar surface area (TPSA) is 0 Å². The summed E-state index contributed by atoms with van der Waals surface area (Å²) in [5.41, 5.74) is 6.56. The lowest BCUT2D eigenvalue weighted by molar-refractivity contribution is 1.69. The predicted molar refractivity (Wildman–Crippen MR) is 171 cm³/mol. The molecule has 1 aromatic heterocycles. The molecule has 0 aliphatic carbocycles. The summed E-state index contributed by atoms with van der Waals surface area (Å²) in [5.74, 6) is 0. The van der Waals surface area contributed by atoms with E-state index in [1.54, 1.807) is 0 Å². The van der Waals surface area contributed by atoms with Crippen molar-refractivity contribution in [2.45, 2.75) is 0 Å². The number of thiophene rings is 1. The highest BCUT2D eigenvalue weighted by Crippen LogP contribution is 2.47. The first-order chi connectivity index (χ1) is 18.8. The minimum Gasteiger partial charge on any atom is -0.136 e. The third kappa shape index (κ3) is 3.11. The smallest absolute Gasteiger partial charge is 0.136 e. The molecule has 0 spiro atoms. The molecule has 176 valence electrons. The van der Waals surface area contributed by atoms with E-state index in [9.17, 15) is 0 Å². The first-order valence-corrected chi connectivity index (χ1v) is 13.9. The molecule has 0 fully saturated rings. The fraction of sp³-hybridized carbons (Fsp3) is 0. The van der Waals surface area contributed by atoms with Gasteiger partial charge in [0.1, 0.15) is 7.85 Å². The monoisotopic (exact) mass is 498 g/mol. The Morgan fingerprint density at radius 1 is 0.474 bits per heavy atom. The molecule has 1 heterocycles. The maximum Gasteiger partial charge on any atom is 0.141 e. The van der Waals surface area contributed by atoms with Gasteiger partial charge in [-0.2, -0.15) is 0 Å². The van der Waals surface area contributed by atoms with Crippen molar-refractivity contribution >= 4 is 77.1 Å². The molecule has 0 atom stereocenters. The third-order valence-electron chi connectivity index (χ3n) is 7.96. The second-order valence-corrected chi connectivity index (χ2v) is 11.2. The normalized spacial score (nSPS) is 11.8. The Balaban J connectivity index is 1.54. The number of benzene rings is 7. The Hall–Kier alpha value is -4.40. The minimum atomic E-state index is 1.26. The van der Waals surface area contributed by atoms with E-state index in [4.69, 9.17) is 0 Å². The average Bonchev–Trinajstić information content (AvgIpc) is 3.36. The molecular formula is C36H23BS. The molecule has 0 nitrogen and oxygen atoms in total. The lowest BCUT2D eigenvalue weighted by Gasteiger charge is -2.18. The minimum absolute atomic E-state index is 1.26. The van der Waals surface area contributed by atoms with Crippen molar-refractivity contribution in [3.8, 4) is 22.3 Å². The number of hydrogen-bond acceptors (Lipinski definition) is 1. The van der Waals surface area contributed by atoms with E-state index in [1.807, 2.05) is 11.3 Å². The second kappa shape index (κ2) is 8.31. The van der Waals surface area contributed by atoms with Crippen molar-refractivity contribution in [1.29, 1.82) is 0 Å². The molecule has 2 heteroatoms. The standard InChI is InChI=1S/C36H23BS/c37-31-17-7-16-30-35-29(15-8-18-32(35)38-36(30)31)34-27-13-5-3-11-25(27)33(26-12-4-6-14-28(26)34)24-20-19-22-9-1-2-10-23(22)21-24/h1-21H,37H2. The van der Waals surface area contributed by atoms with E-state index < -0.39 is 0 Å². The van der Waals surface area contributed by atoms with Crippen LogP contribution in [-0.4, -0.2) is 7.85 Å². The molecule has 0 unspecified atom stereocenters. The maximum absolute atomic E-state index is 2.35. The van der Waals surface area contributed by atoms with E-state index in [-0.39, 0.29) is 0 Å². The molecule has 8 rings (SSSR count). The zero-order chi connectivity index (χ0) is 25.2. The third-order valence-corrected chi connectivity index (χ3v) is 9.26. The van der Waals surface area contributed by atoms with Crippen LogP contribution in [0, 0.1) is 0 Å². The summed E-state index contributed by atoms with van der Waals surface area (Å²) in [7, 11) is 2.22. The van der Waals surface area contributed by atoms with Crippen molar-refractivity contribution in [1.82, 2.24) is 0 Å². The molecule has 0 N–H and O–H groups in total. The van der Waals surface area contributed by atoms with E-state index in [1.165, 1.54) is 80.2 Å². The zero-order valence-electron chi connectivity index (χ0n) is 21.0. The maximum atomic E-state index is 2.35. The fourth-order valence-electron chi connectivity index (χ4n) is 6.27. The van der Waals surface area contributed by atoms with Gasteiger partial charge in [0, 0.05) is 20.2 Å². The average molecular weight is 498 g/mol. The van der Waals surface area contributed by atoms with Gasteiger partial charge in [0.05, 0.1) is 0 Å². The van der Waals surface area contributed by atoms with Gasteiger partial charge >= 0.3 is 0 Å². The van der Waals surface area contributed by atoms with Crippen molar-refractivity contribution in [2.24, 2.45) is 0 Å². The summed E-state index contributed by atoms with van der Waals surface area (Å²) in [5, 5.41) is 10.5. The van der Waals surface area contributed by atoms with Gasteiger partial charge in [-0.05, 0) is 66.7 Å². The predicted octanol–water partition coefficient (Wildman–Crippen LogP) is 9.11. The van der Waals surface area contributed by atoms with Crippen LogP contribution in [0.4, 0.5) is 0 Å². The van der Waals surface area contributed by atoms with Crippen LogP contribution in [0.1, 0.15) is 0 Å². The molecule has 0 amide bonds. The van der Waals surface area contributed by atoms with Crippen LogP contribution in [0.2, 0.25) is 0 Å². The van der Waals surface area contributed by atoms with Crippen LogP contribution >= 0.6 is 11.3 Å². The Morgan fingerprint density at radius 2 is 1.08 bits per heavy atom. The van der Waals surface area contributed by atoms with Crippen molar-refractivity contribution < 1.29 is 0 Å². The summed E-state index contributed by atoms with van der Waals surface area (Å²) >= 11 is 1.91. The Labute approximate surface area is 226 Å². The Morgan fingerprint density at radius 3 is 1.82 bits per heavy atom. The van der Waals surface area contributed by atoms with Crippen LogP contribution in [0.25, 0.3) is 74.7 Å². The molecule has 8 aromatic rings. The molecule has 7 aromatic carbocycles. The molecule has 0 saturated carbocycles. The van der Waals surface area contributed by atoms with Gasteiger partial charge in [-0.15, -0.1) is 11.3 Å². The molecule has 0 saturated heterocycles. The largest absolute Gasteiger partial charge is 0.141 e. The highest BCUT2D eigenvalue weighted by atomic mass is 32.1. The lowest BCUT2D eigenvalue weighted by atomic mass is 9.84. The van der Waals surface area contributed by atoms with Gasteiger partial charge in [-0.3, -0.25) is 0 Å². The molecule has 0 radical (unpaired) electrons. The SMILES string of the molecule is Bc1cccc2c1sc1cccc(-c3c4ccccc4c(-c4ccc5ccccc5c4)c4ccccc34)c12. The van der Waals surface area contributed by atoms with Crippen LogP contribution < -0.4 is 5.46 Å². The number of rotatable bonds is 2. The van der Waals surface area contributed by atoms with Gasteiger partial charge in [-0.1, -0.05) is 121 Å². The summed E-state index contributed by atoms with van der Waals surface area (Å²) < 4.78 is 2.73. The number of fused-ring (bicyclic) bond motifs is 6. The van der Waals surface area contributed by atoms with Gasteiger partial charge in [-0.25, -0.2) is 0 Å². The first-order valence-electron chi connectivity index (χ1n) is 13.1. The quantitative estimate of drug-likeness (QED) is 0.165. The summed E-state index contributed by atoms with van der Waals surface area (Å²) in [6.45, 7) is 0. The van der Waals surface area contributed by atoms with E-state index in [0.717, 1.165) is 0 Å². The second-order valence-electron chi connectivity index (χ2n) is 10.1. The van der Waals surface area contributed by atoms with Crippen LogP contribution in [0.3, 0.4) is 0 Å². The lowest BCUT2D eigenvalue weighted by Crippen LogP contribution is -1.99. The van der Waals surface area contributed by atoms with Crippen molar-refractivity contribution in [2.75, 3.05) is 0 Å². The van der Waals surface area contributed by atoms with Crippen LogP contribution in [-0.2, 0) is 0 Å². The summed E-state index contributed by atoms with van der Waals surface area (Å²) in [6, 6.07) is 47.0. The van der Waals surface area contributed by atoms with Gasteiger partial charge < -0.3 is 0 Å². The summed E-state index contributed by atoms with van der Waals surface area (Å²) in [4.78, 5) is 0. The van der Waals surface area contributed by atoms with Gasteiger partial charge in [0.2, 0.25) is 0 Å². The van der Waals surface area contributed by atoms with E-state index in [2.05, 4.69) is 135 Å². The van der Waals surface area contributed by atoms with E-state index in [0.29, 0.717) is 0 Å².